The molecule has 0 aliphatic carbocycles. The summed E-state index contributed by atoms with van der Waals surface area (Å²) in [5.41, 5.74) is 1.76. The van der Waals surface area contributed by atoms with Crippen LogP contribution in [0.5, 0.6) is 0 Å². The third-order valence-corrected chi connectivity index (χ3v) is 5.88. The van der Waals surface area contributed by atoms with Crippen LogP contribution in [0.3, 0.4) is 0 Å². The Hall–Kier alpha value is -3.11. The molecule has 34 heavy (non-hydrogen) atoms. The minimum absolute atomic E-state index is 0.0634. The lowest BCUT2D eigenvalue weighted by molar-refractivity contribution is 0.103. The lowest BCUT2D eigenvalue weighted by Gasteiger charge is -2.11. The van der Waals surface area contributed by atoms with Crippen molar-refractivity contribution in [3.8, 4) is 11.3 Å². The highest BCUT2D eigenvalue weighted by atomic mass is 35.5. The molecule has 0 saturated heterocycles. The van der Waals surface area contributed by atoms with Crippen LogP contribution in [0.2, 0.25) is 5.02 Å². The molecule has 0 saturated carbocycles. The second-order valence-corrected chi connectivity index (χ2v) is 8.62. The molecule has 1 heterocycles. The van der Waals surface area contributed by atoms with Crippen LogP contribution >= 0.6 is 11.6 Å². The molecule has 174 valence electrons. The van der Waals surface area contributed by atoms with Gasteiger partial charge in [0.2, 0.25) is 0 Å². The highest BCUT2D eigenvalue weighted by Crippen LogP contribution is 2.25. The zero-order chi connectivity index (χ0) is 24.2. The van der Waals surface area contributed by atoms with Crippen LogP contribution in [0.1, 0.15) is 27.9 Å². The Kier molecular flexibility index (Phi) is 7.38. The first-order valence-electron chi connectivity index (χ1n) is 10.2. The van der Waals surface area contributed by atoms with Crippen LogP contribution in [0.25, 0.3) is 22.3 Å². The number of aromatic nitrogens is 2. The summed E-state index contributed by atoms with van der Waals surface area (Å²) in [5.74, 6) is -2.77. The van der Waals surface area contributed by atoms with Crippen molar-refractivity contribution in [3.05, 3.63) is 94.1 Å². The molecule has 0 bridgehead atoms. The van der Waals surface area contributed by atoms with Gasteiger partial charge in [-0.05, 0) is 54.8 Å². The Morgan fingerprint density at radius 1 is 1.06 bits per heavy atom. The summed E-state index contributed by atoms with van der Waals surface area (Å²) in [7, 11) is 0. The van der Waals surface area contributed by atoms with Gasteiger partial charge in [-0.1, -0.05) is 29.8 Å². The summed E-state index contributed by atoms with van der Waals surface area (Å²) in [5, 5.41) is 0.577. The molecule has 10 heteroatoms. The normalized spacial score (nSPS) is 12.1. The summed E-state index contributed by atoms with van der Waals surface area (Å²) in [6.07, 6.45) is 2.00. The van der Waals surface area contributed by atoms with E-state index < -0.39 is 34.2 Å². The number of carbonyl (C=O) groups is 1. The van der Waals surface area contributed by atoms with Crippen molar-refractivity contribution in [2.24, 2.45) is 0 Å². The Morgan fingerprint density at radius 2 is 1.82 bits per heavy atom. The van der Waals surface area contributed by atoms with E-state index in [0.717, 1.165) is 11.6 Å². The van der Waals surface area contributed by atoms with E-state index in [4.69, 9.17) is 11.6 Å². The monoisotopic (exact) mass is 500 g/mol. The summed E-state index contributed by atoms with van der Waals surface area (Å²) in [6.45, 7) is 0.0928. The van der Waals surface area contributed by atoms with Gasteiger partial charge in [0.15, 0.2) is 5.78 Å². The van der Waals surface area contributed by atoms with E-state index in [9.17, 15) is 17.9 Å². The predicted octanol–water partition coefficient (Wildman–Crippen LogP) is 4.78. The third-order valence-electron chi connectivity index (χ3n) is 5.19. The minimum Gasteiger partial charge on any atom is -0.760 e. The molecule has 1 atom stereocenters. The van der Waals surface area contributed by atoms with Crippen LogP contribution in [-0.4, -0.2) is 31.1 Å². The highest BCUT2D eigenvalue weighted by Gasteiger charge is 2.22. The number of rotatable bonds is 8. The van der Waals surface area contributed by atoms with Gasteiger partial charge in [-0.3, -0.25) is 14.0 Å². The zero-order valence-corrected chi connectivity index (χ0v) is 19.1. The SMILES string of the molecule is O=C(c1ccc2ncc(-c3ccc(Cl)cc3)nc2c1)c1c(F)ccc(CCCNS(=O)[O-])c1F. The van der Waals surface area contributed by atoms with E-state index in [1.54, 1.807) is 36.5 Å². The first-order chi connectivity index (χ1) is 16.3. The maximum atomic E-state index is 15.0. The lowest BCUT2D eigenvalue weighted by Crippen LogP contribution is -2.18. The van der Waals surface area contributed by atoms with Crippen LogP contribution in [-0.2, 0) is 17.7 Å². The van der Waals surface area contributed by atoms with Gasteiger partial charge in [0, 0.05) is 34.0 Å². The standard InChI is InChI=1S/C24H18ClF2N3O3S/c25-17-7-3-14(4-8-17)21-13-28-19-10-6-16(12-20(19)30-21)24(31)22-18(26)9-5-15(23(22)27)2-1-11-29-34(32)33/h3-10,12-13,29H,1-2,11H2,(H,32,33)/p-1. The molecule has 0 amide bonds. The van der Waals surface area contributed by atoms with Gasteiger partial charge >= 0.3 is 0 Å². The van der Waals surface area contributed by atoms with E-state index in [0.29, 0.717) is 21.7 Å². The fourth-order valence-electron chi connectivity index (χ4n) is 3.49. The van der Waals surface area contributed by atoms with Crippen LogP contribution in [0.15, 0.2) is 60.8 Å². The Labute approximate surface area is 201 Å². The number of fused-ring (bicyclic) bond motifs is 1. The third kappa shape index (κ3) is 5.34. The Balaban J connectivity index is 1.64. The molecule has 0 aliphatic rings. The highest BCUT2D eigenvalue weighted by molar-refractivity contribution is 7.77. The fraction of sp³-hybridized carbons (Fsp3) is 0.125. The number of ketones is 1. The molecule has 4 rings (SSSR count). The largest absolute Gasteiger partial charge is 0.760 e. The molecule has 0 spiro atoms. The molecule has 1 N–H and O–H groups in total. The molecule has 1 aromatic heterocycles. The second-order valence-electron chi connectivity index (χ2n) is 7.42. The number of nitrogens with zero attached hydrogens (tertiary/aromatic N) is 2. The number of aryl methyl sites for hydroxylation is 1. The average Bonchev–Trinajstić information content (AvgIpc) is 2.82. The minimum atomic E-state index is -2.42. The number of hydrogen-bond donors (Lipinski definition) is 1. The van der Waals surface area contributed by atoms with Crippen molar-refractivity contribution in [2.45, 2.75) is 12.8 Å². The molecule has 0 aliphatic heterocycles. The van der Waals surface area contributed by atoms with Gasteiger partial charge in [-0.15, -0.1) is 0 Å². The van der Waals surface area contributed by atoms with Gasteiger partial charge in [-0.25, -0.2) is 18.5 Å². The summed E-state index contributed by atoms with van der Waals surface area (Å²) in [6, 6.07) is 13.7. The fourth-order valence-corrected chi connectivity index (χ4v) is 3.92. The van der Waals surface area contributed by atoms with Crippen molar-refractivity contribution in [1.29, 1.82) is 0 Å². The smallest absolute Gasteiger partial charge is 0.199 e. The van der Waals surface area contributed by atoms with Crippen molar-refractivity contribution < 1.29 is 22.3 Å². The van der Waals surface area contributed by atoms with Gasteiger partial charge in [0.25, 0.3) is 0 Å². The summed E-state index contributed by atoms with van der Waals surface area (Å²) >= 11 is 3.51. The second kappa shape index (κ2) is 10.4. The van der Waals surface area contributed by atoms with E-state index in [1.165, 1.54) is 18.2 Å². The Morgan fingerprint density at radius 3 is 2.56 bits per heavy atom. The van der Waals surface area contributed by atoms with Crippen molar-refractivity contribution in [2.75, 3.05) is 6.54 Å². The quantitative estimate of drug-likeness (QED) is 0.213. The van der Waals surface area contributed by atoms with E-state index in [2.05, 4.69) is 14.7 Å². The van der Waals surface area contributed by atoms with Crippen LogP contribution < -0.4 is 4.72 Å². The molecular formula is C24H17ClF2N3O3S-. The summed E-state index contributed by atoms with van der Waals surface area (Å²) in [4.78, 5) is 21.9. The van der Waals surface area contributed by atoms with E-state index in [1.807, 2.05) is 0 Å². The van der Waals surface area contributed by atoms with E-state index >= 15 is 4.39 Å². The number of halogens is 3. The van der Waals surface area contributed by atoms with Crippen molar-refractivity contribution in [3.63, 3.8) is 0 Å². The van der Waals surface area contributed by atoms with Gasteiger partial charge in [-0.2, -0.15) is 0 Å². The maximum Gasteiger partial charge on any atom is 0.199 e. The zero-order valence-electron chi connectivity index (χ0n) is 17.6. The first kappa shape index (κ1) is 24.0. The van der Waals surface area contributed by atoms with Crippen LogP contribution in [0, 0.1) is 11.6 Å². The molecule has 3 aromatic carbocycles. The average molecular weight is 501 g/mol. The predicted molar refractivity (Wildman–Crippen MR) is 125 cm³/mol. The molecule has 1 unspecified atom stereocenters. The molecular weight excluding hydrogens is 484 g/mol. The number of benzene rings is 3. The van der Waals surface area contributed by atoms with Gasteiger partial charge in [0.1, 0.15) is 11.6 Å². The topological polar surface area (TPSA) is 95.0 Å². The molecule has 6 nitrogen and oxygen atoms in total. The number of hydrogen-bond acceptors (Lipinski definition) is 5. The first-order valence-corrected chi connectivity index (χ1v) is 11.7. The van der Waals surface area contributed by atoms with Crippen LogP contribution in [0.4, 0.5) is 8.78 Å². The van der Waals surface area contributed by atoms with Gasteiger partial charge < -0.3 is 4.55 Å². The summed E-state index contributed by atoms with van der Waals surface area (Å²) < 4.78 is 52.8. The van der Waals surface area contributed by atoms with E-state index in [-0.39, 0.29) is 30.5 Å². The molecule has 0 radical (unpaired) electrons. The van der Waals surface area contributed by atoms with Crippen molar-refractivity contribution in [1.82, 2.24) is 14.7 Å². The number of nitrogens with one attached hydrogen (secondary N) is 1. The Bertz CT molecular complexity index is 1400. The molecule has 4 aromatic rings. The lowest BCUT2D eigenvalue weighted by atomic mass is 9.97. The van der Waals surface area contributed by atoms with Gasteiger partial charge in [0.05, 0.1) is 28.5 Å². The van der Waals surface area contributed by atoms with Crippen molar-refractivity contribution >= 4 is 39.7 Å². The molecule has 0 fully saturated rings. The maximum absolute atomic E-state index is 15.0. The number of carbonyl (C=O) groups excluding carboxylic acids is 1.